The Morgan fingerprint density at radius 3 is 0.716 bits per heavy atom. The van der Waals surface area contributed by atoms with Crippen LogP contribution in [0.15, 0.2) is 0 Å². The van der Waals surface area contributed by atoms with Gasteiger partial charge in [-0.1, -0.05) is 349 Å². The summed E-state index contributed by atoms with van der Waals surface area (Å²) in [6.07, 6.45) is 58.6. The molecule has 0 aliphatic rings. The van der Waals surface area contributed by atoms with Gasteiger partial charge >= 0.3 is 39.5 Å². The Kier molecular flexibility index (Phi) is 67.7. The first kappa shape index (κ1) is 93.1. The monoisotopic (exact) mass is 1400 g/mol. The zero-order valence-corrected chi connectivity index (χ0v) is 63.6. The van der Waals surface area contributed by atoms with Crippen LogP contribution in [0.5, 0.6) is 0 Å². The zero-order chi connectivity index (χ0) is 69.8. The van der Waals surface area contributed by atoms with Gasteiger partial charge in [0.25, 0.3) is 0 Å². The molecule has 0 rings (SSSR count). The van der Waals surface area contributed by atoms with Crippen LogP contribution in [0.2, 0.25) is 0 Å². The molecule has 95 heavy (non-hydrogen) atoms. The van der Waals surface area contributed by atoms with Crippen LogP contribution < -0.4 is 0 Å². The molecule has 0 aromatic heterocycles. The van der Waals surface area contributed by atoms with Gasteiger partial charge in [-0.15, -0.1) is 0 Å². The molecule has 0 aromatic rings. The maximum atomic E-state index is 13.1. The van der Waals surface area contributed by atoms with Gasteiger partial charge in [0.1, 0.15) is 19.3 Å². The molecular formula is C76H148O17P2. The largest absolute Gasteiger partial charge is 0.472 e. The molecule has 0 aliphatic heterocycles. The van der Waals surface area contributed by atoms with Gasteiger partial charge in [0.05, 0.1) is 26.4 Å². The molecule has 19 heteroatoms. The Morgan fingerprint density at radius 2 is 0.484 bits per heavy atom. The molecule has 0 heterocycles. The van der Waals surface area contributed by atoms with Gasteiger partial charge in [-0.25, -0.2) is 9.13 Å². The summed E-state index contributed by atoms with van der Waals surface area (Å²) in [5, 5.41) is 10.6. The second-order valence-electron chi connectivity index (χ2n) is 27.9. The average molecular weight is 1400 g/mol. The molecule has 0 saturated heterocycles. The first-order chi connectivity index (χ1) is 46.0. The van der Waals surface area contributed by atoms with Crippen LogP contribution in [0.25, 0.3) is 0 Å². The van der Waals surface area contributed by atoms with E-state index < -0.39 is 97.5 Å². The van der Waals surface area contributed by atoms with E-state index in [9.17, 15) is 43.2 Å². The molecule has 0 aliphatic carbocycles. The average Bonchev–Trinajstić information content (AvgIpc) is 2.05. The number of hydrogen-bond acceptors (Lipinski definition) is 15. The Morgan fingerprint density at radius 1 is 0.284 bits per heavy atom. The fourth-order valence-electron chi connectivity index (χ4n) is 11.7. The molecule has 17 nitrogen and oxygen atoms in total. The van der Waals surface area contributed by atoms with Crippen molar-refractivity contribution in [3.05, 3.63) is 0 Å². The normalized spacial score (nSPS) is 13.9. The smallest absolute Gasteiger partial charge is 0.462 e. The molecule has 3 N–H and O–H groups in total. The molecule has 0 amide bonds. The number of aliphatic hydroxyl groups is 1. The Bertz CT molecular complexity index is 1820. The predicted molar refractivity (Wildman–Crippen MR) is 386 cm³/mol. The number of ether oxygens (including phenoxy) is 4. The SMILES string of the molecule is CCCCCCCCCCCCCCCCCCCC(=O)OC[C@H](COP(=O)(O)OC[C@@H](O)COP(=O)(O)OC[C@@H](COC(=O)CCCCCCC)OC(=O)CCCCCCCCCCCCCCCC)OC(=O)CCCCCCCCCCCCCCCCCCC(C)C. The highest BCUT2D eigenvalue weighted by molar-refractivity contribution is 7.47. The van der Waals surface area contributed by atoms with E-state index in [0.717, 1.165) is 102 Å². The van der Waals surface area contributed by atoms with Crippen LogP contribution in [-0.4, -0.2) is 96.7 Å². The van der Waals surface area contributed by atoms with E-state index in [1.54, 1.807) is 0 Å². The van der Waals surface area contributed by atoms with Crippen molar-refractivity contribution in [1.29, 1.82) is 0 Å². The lowest BCUT2D eigenvalue weighted by Gasteiger charge is -2.21. The zero-order valence-electron chi connectivity index (χ0n) is 61.8. The summed E-state index contributed by atoms with van der Waals surface area (Å²) in [7, 11) is -9.90. The number of phosphoric acid groups is 2. The highest BCUT2D eigenvalue weighted by Gasteiger charge is 2.30. The minimum atomic E-state index is -4.95. The highest BCUT2D eigenvalue weighted by Crippen LogP contribution is 2.45. The maximum Gasteiger partial charge on any atom is 0.472 e. The van der Waals surface area contributed by atoms with Crippen molar-refractivity contribution in [1.82, 2.24) is 0 Å². The topological polar surface area (TPSA) is 237 Å². The lowest BCUT2D eigenvalue weighted by Crippen LogP contribution is -2.30. The van der Waals surface area contributed by atoms with E-state index in [2.05, 4.69) is 34.6 Å². The van der Waals surface area contributed by atoms with E-state index in [1.807, 2.05) is 0 Å². The van der Waals surface area contributed by atoms with Crippen molar-refractivity contribution in [2.45, 2.75) is 419 Å². The first-order valence-electron chi connectivity index (χ1n) is 39.6. The Labute approximate surface area is 581 Å². The number of esters is 4. The predicted octanol–water partition coefficient (Wildman–Crippen LogP) is 22.5. The lowest BCUT2D eigenvalue weighted by molar-refractivity contribution is -0.161. The van der Waals surface area contributed by atoms with Crippen LogP contribution in [0.4, 0.5) is 0 Å². The molecule has 5 atom stereocenters. The summed E-state index contributed by atoms with van der Waals surface area (Å²) in [5.74, 6) is -1.31. The van der Waals surface area contributed by atoms with E-state index >= 15 is 0 Å². The summed E-state index contributed by atoms with van der Waals surface area (Å²) in [5.41, 5.74) is 0. The fraction of sp³-hybridized carbons (Fsp3) is 0.947. The van der Waals surface area contributed by atoms with Crippen molar-refractivity contribution in [2.75, 3.05) is 39.6 Å². The van der Waals surface area contributed by atoms with E-state index in [0.29, 0.717) is 25.7 Å². The van der Waals surface area contributed by atoms with Crippen LogP contribution in [-0.2, 0) is 65.4 Å². The highest BCUT2D eigenvalue weighted by atomic mass is 31.2. The standard InChI is InChI=1S/C76H148O17P2/c1-6-9-12-15-17-19-21-23-25-26-30-34-37-41-45-50-55-60-74(79)87-66-72(93-76(81)62-57-52-47-43-39-35-31-28-27-29-32-36-40-44-49-53-58-69(4)5)68-91-95(84,85)89-64-70(77)63-88-94(82,83)90-67-71(65-86-73(78)59-54-48-14-11-8-3)92-75(80)61-56-51-46-42-38-33-24-22-20-18-16-13-10-7-2/h69-72,77H,6-68H2,1-5H3,(H,82,83)(H,84,85)/t70-,71+,72+/m0/s1. The van der Waals surface area contributed by atoms with Gasteiger partial charge in [0, 0.05) is 25.7 Å². The van der Waals surface area contributed by atoms with E-state index in [4.69, 9.17) is 37.0 Å². The van der Waals surface area contributed by atoms with E-state index in [1.165, 1.54) is 218 Å². The van der Waals surface area contributed by atoms with Crippen molar-refractivity contribution >= 4 is 39.5 Å². The molecule has 2 unspecified atom stereocenters. The summed E-state index contributed by atoms with van der Waals surface area (Å²) in [6.45, 7) is 7.24. The number of carbonyl (C=O) groups is 4. The number of rotatable bonds is 76. The van der Waals surface area contributed by atoms with Crippen molar-refractivity contribution in [2.24, 2.45) is 5.92 Å². The maximum absolute atomic E-state index is 13.1. The summed E-state index contributed by atoms with van der Waals surface area (Å²) in [4.78, 5) is 72.5. The molecule has 0 bridgehead atoms. The second-order valence-corrected chi connectivity index (χ2v) is 30.8. The molecule has 0 fully saturated rings. The summed E-state index contributed by atoms with van der Waals surface area (Å²) in [6, 6.07) is 0. The van der Waals surface area contributed by atoms with Gasteiger partial charge in [0.2, 0.25) is 0 Å². The molecule has 564 valence electrons. The van der Waals surface area contributed by atoms with Crippen molar-refractivity contribution in [3.8, 4) is 0 Å². The number of phosphoric ester groups is 2. The minimum absolute atomic E-state index is 0.107. The number of hydrogen-bond donors (Lipinski definition) is 3. The van der Waals surface area contributed by atoms with Crippen LogP contribution in [0.3, 0.4) is 0 Å². The quantitative estimate of drug-likeness (QED) is 0.0222. The van der Waals surface area contributed by atoms with Gasteiger partial charge in [-0.05, 0) is 31.6 Å². The third-order valence-electron chi connectivity index (χ3n) is 17.8. The number of aliphatic hydroxyl groups excluding tert-OH is 1. The van der Waals surface area contributed by atoms with Crippen LogP contribution in [0, 0.1) is 5.92 Å². The number of carbonyl (C=O) groups excluding carboxylic acids is 4. The van der Waals surface area contributed by atoms with Crippen LogP contribution >= 0.6 is 15.6 Å². The molecule has 0 spiro atoms. The Hall–Kier alpha value is -1.94. The molecule has 0 radical (unpaired) electrons. The summed E-state index contributed by atoms with van der Waals surface area (Å²) >= 11 is 0. The van der Waals surface area contributed by atoms with Crippen molar-refractivity contribution in [3.63, 3.8) is 0 Å². The fourth-order valence-corrected chi connectivity index (χ4v) is 13.3. The molecular weight excluding hydrogens is 1250 g/mol. The molecule has 0 saturated carbocycles. The summed E-state index contributed by atoms with van der Waals surface area (Å²) < 4.78 is 68.3. The third-order valence-corrected chi connectivity index (χ3v) is 19.7. The lowest BCUT2D eigenvalue weighted by atomic mass is 10.0. The Balaban J connectivity index is 5.14. The van der Waals surface area contributed by atoms with E-state index in [-0.39, 0.29) is 25.7 Å². The van der Waals surface area contributed by atoms with Crippen molar-refractivity contribution < 1.29 is 80.2 Å². The second kappa shape index (κ2) is 69.2. The number of unbranched alkanes of at least 4 members (excludes halogenated alkanes) is 48. The first-order valence-corrected chi connectivity index (χ1v) is 42.6. The van der Waals surface area contributed by atoms with Crippen LogP contribution in [0.1, 0.15) is 401 Å². The minimum Gasteiger partial charge on any atom is -0.462 e. The third kappa shape index (κ3) is 70.3. The van der Waals surface area contributed by atoms with Gasteiger partial charge in [0.15, 0.2) is 12.2 Å². The molecule has 0 aromatic carbocycles. The van der Waals surface area contributed by atoms with Gasteiger partial charge < -0.3 is 33.8 Å². The van der Waals surface area contributed by atoms with Gasteiger partial charge in [-0.3, -0.25) is 37.3 Å². The van der Waals surface area contributed by atoms with Gasteiger partial charge in [-0.2, -0.15) is 0 Å².